The summed E-state index contributed by atoms with van der Waals surface area (Å²) in [7, 11) is 1.71. The van der Waals surface area contributed by atoms with Crippen molar-refractivity contribution in [3.05, 3.63) is 51.0 Å². The number of nitrogens with zero attached hydrogens (tertiary/aromatic N) is 3. The van der Waals surface area contributed by atoms with Gasteiger partial charge in [-0.2, -0.15) is 0 Å². The molecule has 0 aliphatic rings. The summed E-state index contributed by atoms with van der Waals surface area (Å²) in [6, 6.07) is 5.63. The molecule has 0 spiro atoms. The summed E-state index contributed by atoms with van der Waals surface area (Å²) in [4.78, 5) is 31.2. The molecule has 7 nitrogen and oxygen atoms in total. The van der Waals surface area contributed by atoms with Gasteiger partial charge in [0.25, 0.3) is 0 Å². The van der Waals surface area contributed by atoms with Crippen molar-refractivity contribution in [1.29, 1.82) is 0 Å². The molecule has 3 heterocycles. The lowest BCUT2D eigenvalue weighted by molar-refractivity contribution is -0.129. The first-order chi connectivity index (χ1) is 12.5. The van der Waals surface area contributed by atoms with Gasteiger partial charge in [-0.3, -0.25) is 9.59 Å². The average Bonchev–Trinajstić information content (AvgIpc) is 3.31. The Morgan fingerprint density at radius 1 is 1.27 bits per heavy atom. The van der Waals surface area contributed by atoms with E-state index in [4.69, 9.17) is 4.52 Å². The van der Waals surface area contributed by atoms with Gasteiger partial charge >= 0.3 is 0 Å². The molecule has 0 atom stereocenters. The largest absolute Gasteiger partial charge is 0.361 e. The molecule has 2 amide bonds. The van der Waals surface area contributed by atoms with E-state index < -0.39 is 0 Å². The van der Waals surface area contributed by atoms with Crippen LogP contribution in [0.3, 0.4) is 0 Å². The van der Waals surface area contributed by atoms with Gasteiger partial charge in [0.1, 0.15) is 11.5 Å². The van der Waals surface area contributed by atoms with Gasteiger partial charge in [0.05, 0.1) is 25.1 Å². The van der Waals surface area contributed by atoms with Crippen LogP contribution in [0.5, 0.6) is 0 Å². The molecule has 3 rings (SSSR count). The summed E-state index contributed by atoms with van der Waals surface area (Å²) in [6.07, 6.45) is 0.496. The van der Waals surface area contributed by atoms with E-state index in [0.29, 0.717) is 35.2 Å². The molecular formula is C17H18N4O3S2. The van der Waals surface area contributed by atoms with Crippen molar-refractivity contribution in [2.24, 2.45) is 0 Å². The number of hydrogen-bond donors (Lipinski definition) is 1. The number of carbonyl (C=O) groups is 2. The number of hydrogen-bond acceptors (Lipinski definition) is 7. The third-order valence-corrected chi connectivity index (χ3v) is 5.23. The van der Waals surface area contributed by atoms with Crippen LogP contribution in [-0.2, 0) is 29.0 Å². The van der Waals surface area contributed by atoms with E-state index in [0.717, 1.165) is 4.88 Å². The fourth-order valence-corrected chi connectivity index (χ4v) is 3.72. The Morgan fingerprint density at radius 2 is 2.12 bits per heavy atom. The van der Waals surface area contributed by atoms with Gasteiger partial charge < -0.3 is 14.7 Å². The first kappa shape index (κ1) is 18.3. The Morgan fingerprint density at radius 3 is 2.81 bits per heavy atom. The normalized spacial score (nSPS) is 10.7. The predicted molar refractivity (Wildman–Crippen MR) is 100 cm³/mol. The first-order valence-corrected chi connectivity index (χ1v) is 9.68. The molecule has 0 aromatic carbocycles. The van der Waals surface area contributed by atoms with E-state index in [1.165, 1.54) is 11.3 Å². The van der Waals surface area contributed by atoms with Crippen LogP contribution in [0, 0.1) is 6.92 Å². The molecule has 0 bridgehead atoms. The maximum atomic E-state index is 12.3. The van der Waals surface area contributed by atoms with Crippen molar-refractivity contribution in [2.75, 3.05) is 12.4 Å². The number of thiophene rings is 1. The van der Waals surface area contributed by atoms with E-state index >= 15 is 0 Å². The average molecular weight is 390 g/mol. The Kier molecular flexibility index (Phi) is 5.79. The fraction of sp³-hybridized carbons (Fsp3) is 0.294. The van der Waals surface area contributed by atoms with Crippen molar-refractivity contribution in [2.45, 2.75) is 26.3 Å². The lowest BCUT2D eigenvalue weighted by Gasteiger charge is -2.14. The summed E-state index contributed by atoms with van der Waals surface area (Å²) in [5.74, 6) is 0.522. The zero-order chi connectivity index (χ0) is 18.5. The zero-order valence-electron chi connectivity index (χ0n) is 14.4. The molecule has 26 heavy (non-hydrogen) atoms. The maximum absolute atomic E-state index is 12.3. The first-order valence-electron chi connectivity index (χ1n) is 7.92. The highest BCUT2D eigenvalue weighted by Gasteiger charge is 2.15. The quantitative estimate of drug-likeness (QED) is 0.670. The standard InChI is InChI=1S/C17H18N4O3S2/c1-11-6-12(20-24-11)9-21(2)16(23)7-13-10-26-17(18-13)19-15(22)8-14-4-3-5-25-14/h3-6,10H,7-9H2,1-2H3,(H,18,19,22). The highest BCUT2D eigenvalue weighted by atomic mass is 32.1. The van der Waals surface area contributed by atoms with Crippen LogP contribution >= 0.6 is 22.7 Å². The highest BCUT2D eigenvalue weighted by Crippen LogP contribution is 2.18. The van der Waals surface area contributed by atoms with Crippen LogP contribution in [0.15, 0.2) is 33.5 Å². The van der Waals surface area contributed by atoms with E-state index in [9.17, 15) is 9.59 Å². The zero-order valence-corrected chi connectivity index (χ0v) is 16.0. The summed E-state index contributed by atoms with van der Waals surface area (Å²) in [5, 5.41) is 10.9. The fourth-order valence-electron chi connectivity index (χ4n) is 2.29. The number of aromatic nitrogens is 2. The molecule has 3 aromatic rings. The molecule has 0 fully saturated rings. The molecule has 0 aliphatic carbocycles. The summed E-state index contributed by atoms with van der Waals surface area (Å²) in [5.41, 5.74) is 1.34. The number of carbonyl (C=O) groups excluding carboxylic acids is 2. The Bertz CT molecular complexity index is 886. The maximum Gasteiger partial charge on any atom is 0.231 e. The number of rotatable bonds is 7. The minimum Gasteiger partial charge on any atom is -0.361 e. The Hall–Kier alpha value is -2.52. The Balaban J connectivity index is 1.50. The van der Waals surface area contributed by atoms with E-state index in [1.807, 2.05) is 24.4 Å². The van der Waals surface area contributed by atoms with Gasteiger partial charge in [0.15, 0.2) is 5.13 Å². The second-order valence-electron chi connectivity index (χ2n) is 5.80. The van der Waals surface area contributed by atoms with Gasteiger partial charge in [-0.15, -0.1) is 22.7 Å². The lowest BCUT2D eigenvalue weighted by atomic mass is 10.3. The predicted octanol–water partition coefficient (Wildman–Crippen LogP) is 2.88. The summed E-state index contributed by atoms with van der Waals surface area (Å²) in [6.45, 7) is 2.19. The van der Waals surface area contributed by atoms with Crippen LogP contribution < -0.4 is 5.32 Å². The van der Waals surface area contributed by atoms with Crippen molar-refractivity contribution < 1.29 is 14.1 Å². The number of anilines is 1. The number of nitrogens with one attached hydrogen (secondary N) is 1. The minimum atomic E-state index is -0.113. The SMILES string of the molecule is Cc1cc(CN(C)C(=O)Cc2csc(NC(=O)Cc3cccs3)n2)no1. The molecule has 9 heteroatoms. The number of aryl methyl sites for hydroxylation is 1. The molecule has 0 saturated heterocycles. The molecule has 0 aliphatic heterocycles. The monoisotopic (exact) mass is 390 g/mol. The lowest BCUT2D eigenvalue weighted by Crippen LogP contribution is -2.28. The molecule has 1 N–H and O–H groups in total. The number of likely N-dealkylation sites (N-methyl/N-ethyl adjacent to an activating group) is 1. The van der Waals surface area contributed by atoms with Gasteiger partial charge in [0.2, 0.25) is 11.8 Å². The summed E-state index contributed by atoms with van der Waals surface area (Å²) < 4.78 is 5.00. The van der Waals surface area contributed by atoms with Gasteiger partial charge in [-0.05, 0) is 18.4 Å². The smallest absolute Gasteiger partial charge is 0.231 e. The third kappa shape index (κ3) is 4.99. The van der Waals surface area contributed by atoms with Gasteiger partial charge in [0, 0.05) is 23.4 Å². The van der Waals surface area contributed by atoms with E-state index in [2.05, 4.69) is 15.5 Å². The van der Waals surface area contributed by atoms with Crippen molar-refractivity contribution >= 4 is 39.6 Å². The van der Waals surface area contributed by atoms with Crippen LogP contribution in [0.4, 0.5) is 5.13 Å². The van der Waals surface area contributed by atoms with E-state index in [-0.39, 0.29) is 18.2 Å². The van der Waals surface area contributed by atoms with E-state index in [1.54, 1.807) is 34.7 Å². The van der Waals surface area contributed by atoms with Crippen LogP contribution in [0.2, 0.25) is 0 Å². The van der Waals surface area contributed by atoms with Crippen LogP contribution in [0.25, 0.3) is 0 Å². The second kappa shape index (κ2) is 8.24. The Labute approximate surface area is 158 Å². The van der Waals surface area contributed by atoms with Crippen molar-refractivity contribution in [1.82, 2.24) is 15.0 Å². The molecule has 0 radical (unpaired) electrons. The molecule has 0 unspecified atom stereocenters. The minimum absolute atomic E-state index is 0.0765. The summed E-state index contributed by atoms with van der Waals surface area (Å²) >= 11 is 2.85. The number of thiazole rings is 1. The van der Waals surface area contributed by atoms with Crippen LogP contribution in [-0.4, -0.2) is 33.9 Å². The highest BCUT2D eigenvalue weighted by molar-refractivity contribution is 7.14. The number of amides is 2. The topological polar surface area (TPSA) is 88.3 Å². The molecule has 3 aromatic heterocycles. The van der Waals surface area contributed by atoms with Gasteiger partial charge in [-0.25, -0.2) is 4.98 Å². The second-order valence-corrected chi connectivity index (χ2v) is 7.69. The van der Waals surface area contributed by atoms with Gasteiger partial charge in [-0.1, -0.05) is 11.2 Å². The van der Waals surface area contributed by atoms with Crippen molar-refractivity contribution in [3.8, 4) is 0 Å². The molecule has 0 saturated carbocycles. The van der Waals surface area contributed by atoms with Crippen molar-refractivity contribution in [3.63, 3.8) is 0 Å². The third-order valence-electron chi connectivity index (χ3n) is 3.55. The molecule has 136 valence electrons. The van der Waals surface area contributed by atoms with Crippen LogP contribution in [0.1, 0.15) is 22.0 Å². The molecular weight excluding hydrogens is 372 g/mol.